The largest absolute Gasteiger partial charge is 0.356 e. The third-order valence-corrected chi connectivity index (χ3v) is 4.11. The van der Waals surface area contributed by atoms with Gasteiger partial charge < -0.3 is 10.6 Å². The first kappa shape index (κ1) is 18.4. The van der Waals surface area contributed by atoms with E-state index in [0.29, 0.717) is 6.42 Å². The highest BCUT2D eigenvalue weighted by atomic mass is 79.9. The molecule has 2 aromatic rings. The summed E-state index contributed by atoms with van der Waals surface area (Å²) in [5, 5.41) is 10.7. The summed E-state index contributed by atoms with van der Waals surface area (Å²) < 4.78 is 16.3. The molecule has 2 N–H and O–H groups in total. The van der Waals surface area contributed by atoms with Crippen molar-refractivity contribution in [3.05, 3.63) is 52.0 Å². The summed E-state index contributed by atoms with van der Waals surface area (Å²) in [5.41, 5.74) is 1.92. The topological polar surface area (TPSA) is 54.2 Å². The molecule has 0 aliphatic rings. The lowest BCUT2D eigenvalue weighted by Gasteiger charge is -2.11. The molecular weight excluding hydrogens is 373 g/mol. The highest BCUT2D eigenvalue weighted by Gasteiger charge is 2.03. The van der Waals surface area contributed by atoms with E-state index in [9.17, 15) is 4.39 Å². The van der Waals surface area contributed by atoms with Gasteiger partial charge in [-0.2, -0.15) is 5.10 Å². The van der Waals surface area contributed by atoms with Crippen molar-refractivity contribution in [1.29, 1.82) is 0 Å². The van der Waals surface area contributed by atoms with Crippen molar-refractivity contribution in [3.63, 3.8) is 0 Å². The van der Waals surface area contributed by atoms with Gasteiger partial charge in [-0.05, 0) is 42.5 Å². The minimum atomic E-state index is -0.164. The first-order chi connectivity index (χ1) is 11.6. The molecule has 0 radical (unpaired) electrons. The second kappa shape index (κ2) is 9.42. The number of aryl methyl sites for hydroxylation is 2. The smallest absolute Gasteiger partial charge is 0.190 e. The van der Waals surface area contributed by atoms with Crippen LogP contribution >= 0.6 is 15.9 Å². The zero-order chi connectivity index (χ0) is 17.4. The van der Waals surface area contributed by atoms with Crippen molar-refractivity contribution in [2.24, 2.45) is 12.0 Å². The van der Waals surface area contributed by atoms with E-state index >= 15 is 0 Å². The average molecular weight is 396 g/mol. The first-order valence-electron chi connectivity index (χ1n) is 7.94. The maximum atomic E-state index is 13.7. The van der Waals surface area contributed by atoms with Gasteiger partial charge >= 0.3 is 0 Å². The highest BCUT2D eigenvalue weighted by Crippen LogP contribution is 2.16. The number of nitrogens with one attached hydrogen (secondary N) is 2. The first-order valence-corrected chi connectivity index (χ1v) is 8.73. The van der Waals surface area contributed by atoms with E-state index in [1.807, 2.05) is 31.6 Å². The van der Waals surface area contributed by atoms with Gasteiger partial charge in [0.2, 0.25) is 0 Å². The molecule has 0 aliphatic carbocycles. The number of hydrogen-bond donors (Lipinski definition) is 2. The van der Waals surface area contributed by atoms with E-state index in [1.54, 1.807) is 11.7 Å². The summed E-state index contributed by atoms with van der Waals surface area (Å²) in [6.45, 7) is 1.52. The normalized spacial score (nSPS) is 11.6. The zero-order valence-corrected chi connectivity index (χ0v) is 15.6. The van der Waals surface area contributed by atoms with Gasteiger partial charge in [0.05, 0.1) is 6.20 Å². The Morgan fingerprint density at radius 2 is 2.08 bits per heavy atom. The van der Waals surface area contributed by atoms with Crippen LogP contribution in [0.1, 0.15) is 17.5 Å². The Labute approximate surface area is 150 Å². The molecule has 1 heterocycles. The number of aromatic nitrogens is 2. The Morgan fingerprint density at radius 1 is 1.29 bits per heavy atom. The summed E-state index contributed by atoms with van der Waals surface area (Å²) in [6, 6.07) is 5.19. The van der Waals surface area contributed by atoms with E-state index in [4.69, 9.17) is 0 Å². The molecule has 0 saturated carbocycles. The molecular formula is C17H23BrFN5. The van der Waals surface area contributed by atoms with Crippen LogP contribution in [0.2, 0.25) is 0 Å². The lowest BCUT2D eigenvalue weighted by molar-refractivity contribution is 0.602. The van der Waals surface area contributed by atoms with Crippen LogP contribution in [0.25, 0.3) is 0 Å². The van der Waals surface area contributed by atoms with Crippen molar-refractivity contribution in [3.8, 4) is 0 Å². The Kier molecular flexibility index (Phi) is 7.24. The molecule has 7 heteroatoms. The van der Waals surface area contributed by atoms with Gasteiger partial charge in [-0.25, -0.2) is 4.39 Å². The Bertz CT molecular complexity index is 683. The van der Waals surface area contributed by atoms with Crippen LogP contribution in [0.15, 0.2) is 40.1 Å². The fourth-order valence-electron chi connectivity index (χ4n) is 2.36. The summed E-state index contributed by atoms with van der Waals surface area (Å²) in [5.74, 6) is 0.596. The average Bonchev–Trinajstić information content (AvgIpc) is 2.96. The second-order valence-corrected chi connectivity index (χ2v) is 6.45. The maximum absolute atomic E-state index is 13.7. The number of guanidine groups is 1. The molecule has 2 rings (SSSR count). The highest BCUT2D eigenvalue weighted by molar-refractivity contribution is 9.10. The summed E-state index contributed by atoms with van der Waals surface area (Å²) >= 11 is 3.27. The lowest BCUT2D eigenvalue weighted by atomic mass is 10.1. The van der Waals surface area contributed by atoms with Crippen LogP contribution in [0.5, 0.6) is 0 Å². The van der Waals surface area contributed by atoms with Gasteiger partial charge in [0, 0.05) is 37.9 Å². The molecule has 5 nitrogen and oxygen atoms in total. The standard InChI is InChI=1S/C17H23BrFN5/c1-20-17(22-9-7-13-11-23-24(2)12-13)21-8-3-4-14-5-6-15(18)10-16(14)19/h5-6,10-12H,3-4,7-9H2,1-2H3,(H2,20,21,22). The monoisotopic (exact) mass is 395 g/mol. The minimum absolute atomic E-state index is 0.164. The van der Waals surface area contributed by atoms with E-state index in [0.717, 1.165) is 41.9 Å². The van der Waals surface area contributed by atoms with Crippen molar-refractivity contribution in [2.45, 2.75) is 19.3 Å². The van der Waals surface area contributed by atoms with Gasteiger partial charge in [-0.3, -0.25) is 9.67 Å². The molecule has 1 aromatic heterocycles. The van der Waals surface area contributed by atoms with E-state index < -0.39 is 0 Å². The molecule has 0 spiro atoms. The third kappa shape index (κ3) is 5.96. The number of aliphatic imine (C=N–C) groups is 1. The number of hydrogen-bond acceptors (Lipinski definition) is 2. The molecule has 0 unspecified atom stereocenters. The number of nitrogens with zero attached hydrogens (tertiary/aromatic N) is 3. The molecule has 0 amide bonds. The number of benzene rings is 1. The molecule has 0 bridgehead atoms. The fourth-order valence-corrected chi connectivity index (χ4v) is 2.69. The Hall–Kier alpha value is -1.89. The molecule has 0 aliphatic heterocycles. The van der Waals surface area contributed by atoms with Crippen molar-refractivity contribution >= 4 is 21.9 Å². The predicted octanol–water partition coefficient (Wildman–Crippen LogP) is 2.66. The van der Waals surface area contributed by atoms with E-state index in [2.05, 4.69) is 36.7 Å². The van der Waals surface area contributed by atoms with Crippen LogP contribution in [0, 0.1) is 5.82 Å². The summed E-state index contributed by atoms with van der Waals surface area (Å²) in [6.07, 6.45) is 6.29. The van der Waals surface area contributed by atoms with Crippen molar-refractivity contribution < 1.29 is 4.39 Å². The van der Waals surface area contributed by atoms with Crippen molar-refractivity contribution in [2.75, 3.05) is 20.1 Å². The van der Waals surface area contributed by atoms with Crippen molar-refractivity contribution in [1.82, 2.24) is 20.4 Å². The second-order valence-electron chi connectivity index (χ2n) is 5.54. The van der Waals surface area contributed by atoms with E-state index in [-0.39, 0.29) is 5.82 Å². The van der Waals surface area contributed by atoms with Gasteiger partial charge in [0.1, 0.15) is 5.82 Å². The van der Waals surface area contributed by atoms with Gasteiger partial charge in [0.25, 0.3) is 0 Å². The molecule has 130 valence electrons. The maximum Gasteiger partial charge on any atom is 0.190 e. The van der Waals surface area contributed by atoms with Crippen LogP contribution in [-0.2, 0) is 19.9 Å². The molecule has 24 heavy (non-hydrogen) atoms. The Balaban J connectivity index is 1.66. The van der Waals surface area contributed by atoms with Crippen LogP contribution in [0.4, 0.5) is 4.39 Å². The molecule has 0 fully saturated rings. The minimum Gasteiger partial charge on any atom is -0.356 e. The van der Waals surface area contributed by atoms with Crippen LogP contribution in [-0.4, -0.2) is 35.9 Å². The van der Waals surface area contributed by atoms with Gasteiger partial charge in [0.15, 0.2) is 5.96 Å². The molecule has 0 saturated heterocycles. The molecule has 0 atom stereocenters. The van der Waals surface area contributed by atoms with Gasteiger partial charge in [-0.1, -0.05) is 22.0 Å². The van der Waals surface area contributed by atoms with E-state index in [1.165, 1.54) is 11.6 Å². The van der Waals surface area contributed by atoms with Gasteiger partial charge in [-0.15, -0.1) is 0 Å². The number of halogens is 2. The molecule has 1 aromatic carbocycles. The SMILES string of the molecule is CN=C(NCCCc1ccc(Br)cc1F)NCCc1cnn(C)c1. The Morgan fingerprint density at radius 3 is 2.75 bits per heavy atom. The quantitative estimate of drug-likeness (QED) is 0.430. The third-order valence-electron chi connectivity index (χ3n) is 3.62. The summed E-state index contributed by atoms with van der Waals surface area (Å²) in [4.78, 5) is 4.19. The fraction of sp³-hybridized carbons (Fsp3) is 0.412. The number of rotatable bonds is 7. The van der Waals surface area contributed by atoms with Crippen LogP contribution < -0.4 is 10.6 Å². The zero-order valence-electron chi connectivity index (χ0n) is 14.0. The summed E-state index contributed by atoms with van der Waals surface area (Å²) in [7, 11) is 3.65. The van der Waals surface area contributed by atoms with Crippen LogP contribution in [0.3, 0.4) is 0 Å². The lowest BCUT2D eigenvalue weighted by Crippen LogP contribution is -2.38. The predicted molar refractivity (Wildman–Crippen MR) is 98.7 cm³/mol.